The molecule has 0 fully saturated rings. The molecule has 0 aliphatic heterocycles. The molecule has 1 amide bonds. The molecule has 4 heteroatoms. The molecule has 29 heavy (non-hydrogen) atoms. The molecule has 3 aromatic carbocycles. The predicted molar refractivity (Wildman–Crippen MR) is 117 cm³/mol. The number of aryl methyl sites for hydroxylation is 1. The van der Waals surface area contributed by atoms with Crippen LogP contribution in [0, 0.1) is 6.92 Å². The maximum absolute atomic E-state index is 12.8. The highest BCUT2D eigenvalue weighted by Gasteiger charge is 2.22. The molecule has 0 aliphatic rings. The molecular weight excluding hydrogens is 358 g/mol. The predicted octanol–water partition coefficient (Wildman–Crippen LogP) is 5.45. The van der Waals surface area contributed by atoms with Gasteiger partial charge in [0.05, 0.1) is 23.1 Å². The summed E-state index contributed by atoms with van der Waals surface area (Å²) in [7, 11) is 0. The van der Waals surface area contributed by atoms with Gasteiger partial charge in [-0.1, -0.05) is 60.2 Å². The average Bonchev–Trinajstić information content (AvgIpc) is 3.13. The highest BCUT2D eigenvalue weighted by atomic mass is 16.1. The molecule has 0 bridgehead atoms. The van der Waals surface area contributed by atoms with Gasteiger partial charge in [-0.3, -0.25) is 4.79 Å². The third kappa shape index (κ3) is 3.79. The van der Waals surface area contributed by atoms with Gasteiger partial charge in [-0.2, -0.15) is 0 Å². The number of nitrogens with one attached hydrogen (secondary N) is 1. The molecule has 0 aliphatic carbocycles. The largest absolute Gasteiger partial charge is 0.342 e. The third-order valence-corrected chi connectivity index (χ3v) is 5.31. The molecule has 0 saturated heterocycles. The van der Waals surface area contributed by atoms with Crippen molar-refractivity contribution in [3.63, 3.8) is 0 Å². The van der Waals surface area contributed by atoms with Gasteiger partial charge in [0.25, 0.3) is 5.91 Å². The fraction of sp³-hybridized carbons (Fsp3) is 0.200. The topological polar surface area (TPSA) is 46.9 Å². The van der Waals surface area contributed by atoms with Gasteiger partial charge >= 0.3 is 0 Å². The van der Waals surface area contributed by atoms with Gasteiger partial charge in [0, 0.05) is 5.56 Å². The lowest BCUT2D eigenvalue weighted by molar-refractivity contribution is 0.0937. The molecular formula is C25H25N3O. The van der Waals surface area contributed by atoms with Gasteiger partial charge in [-0.25, -0.2) is 4.98 Å². The number of hydrogen-bond acceptors (Lipinski definition) is 2. The van der Waals surface area contributed by atoms with Crippen molar-refractivity contribution in [1.29, 1.82) is 0 Å². The number of carbonyl (C=O) groups is 1. The van der Waals surface area contributed by atoms with Crippen LogP contribution in [0.2, 0.25) is 0 Å². The van der Waals surface area contributed by atoms with Crippen LogP contribution in [0.5, 0.6) is 0 Å². The van der Waals surface area contributed by atoms with Crippen LogP contribution in [-0.4, -0.2) is 15.5 Å². The number of rotatable bonds is 5. The maximum atomic E-state index is 12.8. The van der Waals surface area contributed by atoms with Crippen LogP contribution >= 0.6 is 0 Å². The van der Waals surface area contributed by atoms with Crippen molar-refractivity contribution in [2.75, 3.05) is 0 Å². The zero-order chi connectivity index (χ0) is 20.4. The Labute approximate surface area is 171 Å². The number of hydrogen-bond donors (Lipinski definition) is 1. The lowest BCUT2D eigenvalue weighted by Gasteiger charge is -2.22. The summed E-state index contributed by atoms with van der Waals surface area (Å²) >= 11 is 0. The van der Waals surface area contributed by atoms with E-state index in [0.29, 0.717) is 5.56 Å². The number of fused-ring (bicyclic) bond motifs is 1. The Morgan fingerprint density at radius 1 is 0.931 bits per heavy atom. The quantitative estimate of drug-likeness (QED) is 0.498. The highest BCUT2D eigenvalue weighted by molar-refractivity contribution is 5.94. The summed E-state index contributed by atoms with van der Waals surface area (Å²) in [6.45, 7) is 6.15. The van der Waals surface area contributed by atoms with E-state index in [0.717, 1.165) is 22.4 Å². The Hall–Kier alpha value is -3.40. The van der Waals surface area contributed by atoms with Crippen molar-refractivity contribution in [2.24, 2.45) is 0 Å². The lowest BCUT2D eigenvalue weighted by atomic mass is 10.1. The van der Waals surface area contributed by atoms with Crippen molar-refractivity contribution in [2.45, 2.75) is 32.9 Å². The number of benzene rings is 3. The number of aromatic nitrogens is 2. The first kappa shape index (κ1) is 18.9. The van der Waals surface area contributed by atoms with Gasteiger partial charge in [0.1, 0.15) is 5.82 Å². The van der Waals surface area contributed by atoms with Gasteiger partial charge in [-0.05, 0) is 50.6 Å². The molecule has 146 valence electrons. The van der Waals surface area contributed by atoms with Crippen molar-refractivity contribution in [3.8, 4) is 0 Å². The van der Waals surface area contributed by atoms with Crippen molar-refractivity contribution in [1.82, 2.24) is 14.9 Å². The molecule has 4 rings (SSSR count). The summed E-state index contributed by atoms with van der Waals surface area (Å²) in [6, 6.07) is 26.0. The second-order valence-electron chi connectivity index (χ2n) is 7.48. The molecule has 0 spiro atoms. The second kappa shape index (κ2) is 7.92. The minimum absolute atomic E-state index is 0.0906. The number of carbonyl (C=O) groups excluding carboxylic acids is 1. The van der Waals surface area contributed by atoms with Gasteiger partial charge in [0.2, 0.25) is 0 Å². The Bertz CT molecular complexity index is 1150. The first-order chi connectivity index (χ1) is 14.0. The molecule has 0 radical (unpaired) electrons. The summed E-state index contributed by atoms with van der Waals surface area (Å²) in [4.78, 5) is 17.7. The van der Waals surface area contributed by atoms with Gasteiger partial charge < -0.3 is 9.88 Å². The van der Waals surface area contributed by atoms with Crippen molar-refractivity contribution < 1.29 is 4.79 Å². The molecule has 2 atom stereocenters. The minimum Gasteiger partial charge on any atom is -0.342 e. The van der Waals surface area contributed by atoms with Crippen LogP contribution in [0.1, 0.15) is 53.2 Å². The SMILES string of the molecule is Cc1cccc(C(=O)NC(C)c2nc3ccccc3n2C(C)c2ccccc2)c1. The summed E-state index contributed by atoms with van der Waals surface area (Å²) in [5.74, 6) is 0.760. The molecule has 4 aromatic rings. The van der Waals surface area contributed by atoms with Crippen LogP contribution in [0.25, 0.3) is 11.0 Å². The van der Waals surface area contributed by atoms with E-state index >= 15 is 0 Å². The smallest absolute Gasteiger partial charge is 0.251 e. The minimum atomic E-state index is -0.235. The van der Waals surface area contributed by atoms with Crippen molar-refractivity contribution >= 4 is 16.9 Å². The first-order valence-corrected chi connectivity index (χ1v) is 9.94. The van der Waals surface area contributed by atoms with E-state index < -0.39 is 0 Å². The fourth-order valence-corrected chi connectivity index (χ4v) is 3.79. The maximum Gasteiger partial charge on any atom is 0.251 e. The monoisotopic (exact) mass is 383 g/mol. The Balaban J connectivity index is 1.72. The Morgan fingerprint density at radius 2 is 1.66 bits per heavy atom. The van der Waals surface area contributed by atoms with E-state index in [9.17, 15) is 4.79 Å². The molecule has 1 N–H and O–H groups in total. The van der Waals surface area contributed by atoms with Crippen LogP contribution in [0.3, 0.4) is 0 Å². The third-order valence-electron chi connectivity index (χ3n) is 5.31. The van der Waals surface area contributed by atoms with Crippen LogP contribution < -0.4 is 5.32 Å². The van der Waals surface area contributed by atoms with Gasteiger partial charge in [-0.15, -0.1) is 0 Å². The van der Waals surface area contributed by atoms with Gasteiger partial charge in [0.15, 0.2) is 0 Å². The first-order valence-electron chi connectivity index (χ1n) is 9.94. The highest BCUT2D eigenvalue weighted by Crippen LogP contribution is 2.29. The van der Waals surface area contributed by atoms with E-state index in [1.165, 1.54) is 5.56 Å². The van der Waals surface area contributed by atoms with E-state index in [2.05, 4.69) is 35.0 Å². The van der Waals surface area contributed by atoms with Crippen molar-refractivity contribution in [3.05, 3.63) is 101 Å². The zero-order valence-electron chi connectivity index (χ0n) is 17.0. The normalized spacial score (nSPS) is 13.2. The van der Waals surface area contributed by atoms with Crippen LogP contribution in [0.4, 0.5) is 0 Å². The van der Waals surface area contributed by atoms with Crippen LogP contribution in [-0.2, 0) is 0 Å². The second-order valence-corrected chi connectivity index (χ2v) is 7.48. The number of imidazole rings is 1. The Kier molecular flexibility index (Phi) is 5.17. The average molecular weight is 383 g/mol. The van der Waals surface area contributed by atoms with Crippen LogP contribution in [0.15, 0.2) is 78.9 Å². The fourth-order valence-electron chi connectivity index (χ4n) is 3.79. The molecule has 2 unspecified atom stereocenters. The lowest BCUT2D eigenvalue weighted by Crippen LogP contribution is -2.29. The van der Waals surface area contributed by atoms with E-state index in [1.807, 2.05) is 74.5 Å². The molecule has 1 heterocycles. The van der Waals surface area contributed by atoms with E-state index in [-0.39, 0.29) is 18.0 Å². The summed E-state index contributed by atoms with van der Waals surface area (Å²) in [5.41, 5.74) is 4.93. The van der Waals surface area contributed by atoms with E-state index in [1.54, 1.807) is 0 Å². The molecule has 1 aromatic heterocycles. The Morgan fingerprint density at radius 3 is 2.41 bits per heavy atom. The summed E-state index contributed by atoms with van der Waals surface area (Å²) in [5, 5.41) is 3.13. The summed E-state index contributed by atoms with van der Waals surface area (Å²) < 4.78 is 2.23. The molecule has 0 saturated carbocycles. The zero-order valence-corrected chi connectivity index (χ0v) is 17.0. The number of nitrogens with zero attached hydrogens (tertiary/aromatic N) is 2. The number of amides is 1. The van der Waals surface area contributed by atoms with E-state index in [4.69, 9.17) is 4.98 Å². The number of para-hydroxylation sites is 2. The summed E-state index contributed by atoms with van der Waals surface area (Å²) in [6.07, 6.45) is 0. The molecule has 4 nitrogen and oxygen atoms in total. The standard InChI is InChI=1S/C25H25N3O/c1-17-10-9-13-21(16-17)25(29)26-18(2)24-27-22-14-7-8-15-23(22)28(24)19(3)20-11-5-4-6-12-20/h4-16,18-19H,1-3H3,(H,26,29).